The Morgan fingerprint density at radius 3 is 2.21 bits per heavy atom. The Balaban J connectivity index is 2.33. The van der Waals surface area contributed by atoms with Gasteiger partial charge in [-0.1, -0.05) is 54.0 Å². The average Bonchev–Trinajstić information content (AvgIpc) is 2.37. The maximum atomic E-state index is 13.3. The lowest BCUT2D eigenvalue weighted by Crippen LogP contribution is -2.02. The van der Waals surface area contributed by atoms with Crippen LogP contribution in [-0.4, -0.2) is 5.78 Å². The molecule has 0 aliphatic heterocycles. The summed E-state index contributed by atoms with van der Waals surface area (Å²) >= 11 is 3.19. The molecule has 0 aromatic heterocycles. The maximum Gasteiger partial charge on any atom is 0.193 e. The fraction of sp³-hybridized carbons (Fsp3) is 0.188. The minimum atomic E-state index is -0.420. The third kappa shape index (κ3) is 3.29. The largest absolute Gasteiger partial charge is 0.289 e. The summed E-state index contributed by atoms with van der Waals surface area (Å²) in [7, 11) is 0. The molecule has 19 heavy (non-hydrogen) atoms. The van der Waals surface area contributed by atoms with Crippen molar-refractivity contribution in [3.8, 4) is 0 Å². The van der Waals surface area contributed by atoms with Gasteiger partial charge < -0.3 is 0 Å². The average molecular weight is 321 g/mol. The van der Waals surface area contributed by atoms with Crippen LogP contribution in [-0.2, 0) is 0 Å². The van der Waals surface area contributed by atoms with Crippen molar-refractivity contribution in [2.45, 2.75) is 19.8 Å². The topological polar surface area (TPSA) is 17.1 Å². The first-order valence-electron chi connectivity index (χ1n) is 6.08. The van der Waals surface area contributed by atoms with E-state index in [1.165, 1.54) is 17.7 Å². The van der Waals surface area contributed by atoms with Gasteiger partial charge in [0.2, 0.25) is 0 Å². The summed E-state index contributed by atoms with van der Waals surface area (Å²) in [5.74, 6) is -0.167. The molecule has 0 aliphatic rings. The Hall–Kier alpha value is -1.48. The number of benzene rings is 2. The van der Waals surface area contributed by atoms with Gasteiger partial charge in [-0.15, -0.1) is 0 Å². The van der Waals surface area contributed by atoms with E-state index < -0.39 is 5.82 Å². The van der Waals surface area contributed by atoms with Gasteiger partial charge in [-0.25, -0.2) is 4.39 Å². The molecule has 2 aromatic rings. The van der Waals surface area contributed by atoms with Crippen LogP contribution < -0.4 is 0 Å². The van der Waals surface area contributed by atoms with Gasteiger partial charge in [-0.3, -0.25) is 4.79 Å². The fourth-order valence-electron chi connectivity index (χ4n) is 1.87. The number of hydrogen-bond donors (Lipinski definition) is 0. The third-order valence-corrected chi connectivity index (χ3v) is 3.42. The van der Waals surface area contributed by atoms with E-state index in [-0.39, 0.29) is 5.78 Å². The van der Waals surface area contributed by atoms with E-state index in [1.807, 2.05) is 12.1 Å². The molecule has 0 spiro atoms. The predicted octanol–water partition coefficient (Wildman–Crippen LogP) is 4.94. The van der Waals surface area contributed by atoms with Gasteiger partial charge in [0.25, 0.3) is 0 Å². The van der Waals surface area contributed by atoms with Crippen molar-refractivity contribution >= 4 is 21.7 Å². The minimum Gasteiger partial charge on any atom is -0.289 e. The molecule has 98 valence electrons. The Morgan fingerprint density at radius 2 is 1.68 bits per heavy atom. The monoisotopic (exact) mass is 320 g/mol. The summed E-state index contributed by atoms with van der Waals surface area (Å²) in [6.45, 7) is 4.20. The van der Waals surface area contributed by atoms with Gasteiger partial charge in [0.1, 0.15) is 5.82 Å². The number of halogens is 2. The molecule has 0 unspecified atom stereocenters. The molecular weight excluding hydrogens is 307 g/mol. The number of carbonyl (C=O) groups is 1. The van der Waals surface area contributed by atoms with Crippen molar-refractivity contribution in [2.24, 2.45) is 0 Å². The molecule has 0 saturated heterocycles. The summed E-state index contributed by atoms with van der Waals surface area (Å²) < 4.78 is 13.9. The van der Waals surface area contributed by atoms with E-state index in [0.717, 1.165) is 0 Å². The third-order valence-electron chi connectivity index (χ3n) is 2.96. The quantitative estimate of drug-likeness (QED) is 0.732. The lowest BCUT2D eigenvalue weighted by atomic mass is 9.98. The number of rotatable bonds is 3. The number of carbonyl (C=O) groups excluding carboxylic acids is 1. The highest BCUT2D eigenvalue weighted by molar-refractivity contribution is 9.10. The fourth-order valence-corrected chi connectivity index (χ4v) is 2.34. The van der Waals surface area contributed by atoms with Gasteiger partial charge in [-0.05, 0) is 29.7 Å². The Kier molecular flexibility index (Phi) is 4.15. The zero-order valence-electron chi connectivity index (χ0n) is 10.8. The zero-order chi connectivity index (χ0) is 14.0. The Morgan fingerprint density at radius 1 is 1.05 bits per heavy atom. The van der Waals surface area contributed by atoms with E-state index in [4.69, 9.17) is 0 Å². The summed E-state index contributed by atoms with van der Waals surface area (Å²) in [6.07, 6.45) is 0. The number of hydrogen-bond acceptors (Lipinski definition) is 1. The molecule has 1 nitrogen and oxygen atoms in total. The second-order valence-corrected chi connectivity index (χ2v) is 5.68. The van der Waals surface area contributed by atoms with Crippen molar-refractivity contribution in [1.82, 2.24) is 0 Å². The van der Waals surface area contributed by atoms with Crippen molar-refractivity contribution < 1.29 is 9.18 Å². The predicted molar refractivity (Wildman–Crippen MR) is 78.1 cm³/mol. The lowest BCUT2D eigenvalue weighted by molar-refractivity contribution is 0.103. The Labute approximate surface area is 120 Å². The molecule has 0 heterocycles. The SMILES string of the molecule is CC(C)c1ccc(C(=O)c2cc(F)cc(Br)c2)cc1. The van der Waals surface area contributed by atoms with Crippen LogP contribution in [0.15, 0.2) is 46.9 Å². The normalized spacial score (nSPS) is 10.8. The van der Waals surface area contributed by atoms with Gasteiger partial charge in [0.05, 0.1) is 0 Å². The van der Waals surface area contributed by atoms with Crippen molar-refractivity contribution in [2.75, 3.05) is 0 Å². The second kappa shape index (κ2) is 5.66. The van der Waals surface area contributed by atoms with Crippen LogP contribution in [0.25, 0.3) is 0 Å². The molecule has 0 saturated carbocycles. The first-order chi connectivity index (χ1) is 8.97. The van der Waals surface area contributed by atoms with E-state index in [2.05, 4.69) is 29.8 Å². The van der Waals surface area contributed by atoms with Crippen LogP contribution in [0.3, 0.4) is 0 Å². The minimum absolute atomic E-state index is 0.171. The van der Waals surface area contributed by atoms with Crippen molar-refractivity contribution in [3.63, 3.8) is 0 Å². The van der Waals surface area contributed by atoms with Crippen LogP contribution in [0, 0.1) is 5.82 Å². The van der Waals surface area contributed by atoms with Crippen LogP contribution in [0.4, 0.5) is 4.39 Å². The molecule has 0 aliphatic carbocycles. The molecule has 0 bridgehead atoms. The molecule has 2 rings (SSSR count). The Bertz CT molecular complexity index is 582. The standard InChI is InChI=1S/C16H14BrFO/c1-10(2)11-3-5-12(6-4-11)16(19)13-7-14(17)9-15(18)8-13/h3-10H,1-2H3. The van der Waals surface area contributed by atoms with E-state index in [9.17, 15) is 9.18 Å². The van der Waals surface area contributed by atoms with Gasteiger partial charge >= 0.3 is 0 Å². The van der Waals surface area contributed by atoms with Crippen LogP contribution in [0.5, 0.6) is 0 Å². The van der Waals surface area contributed by atoms with Crippen LogP contribution in [0.2, 0.25) is 0 Å². The highest BCUT2D eigenvalue weighted by atomic mass is 79.9. The summed E-state index contributed by atoms with van der Waals surface area (Å²) in [5.41, 5.74) is 2.10. The van der Waals surface area contributed by atoms with Gasteiger partial charge in [0.15, 0.2) is 5.78 Å². The molecule has 0 atom stereocenters. The van der Waals surface area contributed by atoms with E-state index >= 15 is 0 Å². The van der Waals surface area contributed by atoms with Crippen molar-refractivity contribution in [1.29, 1.82) is 0 Å². The first kappa shape index (κ1) is 13.9. The summed E-state index contributed by atoms with van der Waals surface area (Å²) in [5, 5.41) is 0. The van der Waals surface area contributed by atoms with E-state index in [0.29, 0.717) is 21.5 Å². The summed E-state index contributed by atoms with van der Waals surface area (Å²) in [4.78, 5) is 12.2. The van der Waals surface area contributed by atoms with E-state index in [1.54, 1.807) is 18.2 Å². The molecule has 2 aromatic carbocycles. The molecule has 0 radical (unpaired) electrons. The number of ketones is 1. The molecule has 0 fully saturated rings. The first-order valence-corrected chi connectivity index (χ1v) is 6.87. The maximum absolute atomic E-state index is 13.3. The van der Waals surface area contributed by atoms with Crippen LogP contribution in [0.1, 0.15) is 41.3 Å². The smallest absolute Gasteiger partial charge is 0.193 e. The van der Waals surface area contributed by atoms with Crippen molar-refractivity contribution in [3.05, 3.63) is 69.4 Å². The molecule has 3 heteroatoms. The van der Waals surface area contributed by atoms with Gasteiger partial charge in [-0.2, -0.15) is 0 Å². The lowest BCUT2D eigenvalue weighted by Gasteiger charge is -2.07. The second-order valence-electron chi connectivity index (χ2n) is 4.76. The van der Waals surface area contributed by atoms with Crippen LogP contribution >= 0.6 is 15.9 Å². The molecule has 0 N–H and O–H groups in total. The highest BCUT2D eigenvalue weighted by Gasteiger charge is 2.11. The molecule has 0 amide bonds. The zero-order valence-corrected chi connectivity index (χ0v) is 12.4. The molecular formula is C16H14BrFO. The highest BCUT2D eigenvalue weighted by Crippen LogP contribution is 2.20. The van der Waals surface area contributed by atoms with Gasteiger partial charge in [0, 0.05) is 15.6 Å². The summed E-state index contributed by atoms with van der Waals surface area (Å²) in [6, 6.07) is 11.7.